The number of rotatable bonds is 4. The predicted molar refractivity (Wildman–Crippen MR) is 126 cm³/mol. The van der Waals surface area contributed by atoms with Crippen molar-refractivity contribution in [3.8, 4) is 0 Å². The zero-order chi connectivity index (χ0) is 22.8. The van der Waals surface area contributed by atoms with Gasteiger partial charge in [0.25, 0.3) is 5.91 Å². The lowest BCUT2D eigenvalue weighted by atomic mass is 9.97. The first-order chi connectivity index (χ1) is 15.4. The second-order valence-corrected chi connectivity index (χ2v) is 8.06. The summed E-state index contributed by atoms with van der Waals surface area (Å²) in [5.41, 5.74) is 4.35. The summed E-state index contributed by atoms with van der Waals surface area (Å²) in [5.74, 6) is -1.13. The van der Waals surface area contributed by atoms with E-state index < -0.39 is 11.9 Å². The summed E-state index contributed by atoms with van der Waals surface area (Å²) >= 11 is 0. The van der Waals surface area contributed by atoms with E-state index in [4.69, 9.17) is 0 Å². The molecule has 1 atom stereocenters. The molecule has 3 aromatic rings. The van der Waals surface area contributed by atoms with Gasteiger partial charge < -0.3 is 4.90 Å². The van der Waals surface area contributed by atoms with Crippen molar-refractivity contribution in [2.75, 3.05) is 16.3 Å². The quantitative estimate of drug-likeness (QED) is 0.566. The average Bonchev–Trinajstić information content (AvgIpc) is 2.78. The number of benzene rings is 3. The first-order valence-electron chi connectivity index (χ1n) is 10.6. The van der Waals surface area contributed by atoms with E-state index in [9.17, 15) is 14.0 Å². The number of piperazine rings is 1. The lowest BCUT2D eigenvalue weighted by molar-refractivity contribution is -0.127. The van der Waals surface area contributed by atoms with Gasteiger partial charge in [-0.15, -0.1) is 0 Å². The zero-order valence-electron chi connectivity index (χ0n) is 18.4. The number of carbonyl (C=O) groups excluding carboxylic acids is 2. The Balaban J connectivity index is 1.84. The van der Waals surface area contributed by atoms with Crippen LogP contribution in [0.1, 0.15) is 23.6 Å². The molecular formula is C27H25FN2O2. The normalized spacial score (nSPS) is 17.1. The number of para-hydroxylation sites is 1. The smallest absolute Gasteiger partial charge is 0.254 e. The summed E-state index contributed by atoms with van der Waals surface area (Å²) < 4.78 is 14.7. The Hall–Kier alpha value is -3.73. The number of aryl methyl sites for hydroxylation is 1. The van der Waals surface area contributed by atoms with Gasteiger partial charge in [0.05, 0.1) is 5.69 Å². The maximum Gasteiger partial charge on any atom is 0.254 e. The molecule has 2 amide bonds. The molecule has 0 saturated carbocycles. The standard InChI is InChI=1S/C27H25FN2O2/c1-18-10-9-15-23(20(18)3)29-17-25(31)30(24-14-8-7-13-22(24)28)26(27(29)32)19(2)16-21-11-5-4-6-12-21/h4-16,26H,17H2,1-3H3/b19-16+. The number of hydrogen-bond acceptors (Lipinski definition) is 2. The molecule has 0 bridgehead atoms. The first-order valence-corrected chi connectivity index (χ1v) is 10.6. The second-order valence-electron chi connectivity index (χ2n) is 8.06. The molecule has 5 heteroatoms. The van der Waals surface area contributed by atoms with Crippen molar-refractivity contribution in [2.24, 2.45) is 0 Å². The molecule has 4 nitrogen and oxygen atoms in total. The van der Waals surface area contributed by atoms with E-state index in [1.807, 2.05) is 75.4 Å². The van der Waals surface area contributed by atoms with Crippen LogP contribution in [0.2, 0.25) is 0 Å². The molecule has 0 N–H and O–H groups in total. The summed E-state index contributed by atoms with van der Waals surface area (Å²) in [5, 5.41) is 0. The number of carbonyl (C=O) groups is 2. The van der Waals surface area contributed by atoms with Crippen LogP contribution in [0.5, 0.6) is 0 Å². The van der Waals surface area contributed by atoms with E-state index in [1.54, 1.807) is 12.1 Å². The minimum absolute atomic E-state index is 0.109. The molecule has 1 heterocycles. The van der Waals surface area contributed by atoms with Crippen LogP contribution in [0.4, 0.5) is 15.8 Å². The van der Waals surface area contributed by atoms with Crippen LogP contribution in [-0.2, 0) is 9.59 Å². The lowest BCUT2D eigenvalue weighted by Crippen LogP contribution is -2.61. The molecule has 162 valence electrons. The molecule has 1 saturated heterocycles. The molecule has 1 unspecified atom stereocenters. The van der Waals surface area contributed by atoms with Crippen molar-refractivity contribution in [3.05, 3.63) is 101 Å². The third-order valence-electron chi connectivity index (χ3n) is 5.92. The van der Waals surface area contributed by atoms with Gasteiger partial charge in [0.1, 0.15) is 18.4 Å². The molecule has 1 aliphatic heterocycles. The molecule has 4 rings (SSSR count). The molecule has 0 spiro atoms. The fourth-order valence-corrected chi connectivity index (χ4v) is 4.13. The molecule has 32 heavy (non-hydrogen) atoms. The Bertz CT molecular complexity index is 1200. The van der Waals surface area contributed by atoms with Crippen LogP contribution in [0.15, 0.2) is 78.4 Å². The maximum atomic E-state index is 14.7. The number of nitrogens with zero attached hydrogens (tertiary/aromatic N) is 2. The van der Waals surface area contributed by atoms with E-state index in [1.165, 1.54) is 21.9 Å². The average molecular weight is 429 g/mol. The van der Waals surface area contributed by atoms with Gasteiger partial charge in [-0.2, -0.15) is 0 Å². The van der Waals surface area contributed by atoms with Gasteiger partial charge >= 0.3 is 0 Å². The van der Waals surface area contributed by atoms with Crippen LogP contribution in [0.3, 0.4) is 0 Å². The van der Waals surface area contributed by atoms with Crippen molar-refractivity contribution in [1.82, 2.24) is 0 Å². The highest BCUT2D eigenvalue weighted by Gasteiger charge is 2.43. The van der Waals surface area contributed by atoms with Gasteiger partial charge in [-0.1, -0.05) is 60.7 Å². The number of halogens is 1. The molecular weight excluding hydrogens is 403 g/mol. The number of amides is 2. The van der Waals surface area contributed by atoms with Gasteiger partial charge in [0, 0.05) is 5.69 Å². The summed E-state index contributed by atoms with van der Waals surface area (Å²) in [7, 11) is 0. The van der Waals surface area contributed by atoms with Crippen molar-refractivity contribution < 1.29 is 14.0 Å². The SMILES string of the molecule is C/C(=C\c1ccccc1)C1C(=O)N(c2cccc(C)c2C)CC(=O)N1c1ccccc1F. The topological polar surface area (TPSA) is 40.6 Å². The van der Waals surface area contributed by atoms with E-state index in [2.05, 4.69) is 0 Å². The van der Waals surface area contributed by atoms with E-state index in [0.717, 1.165) is 16.7 Å². The van der Waals surface area contributed by atoms with Gasteiger partial charge in [-0.25, -0.2) is 4.39 Å². The van der Waals surface area contributed by atoms with Gasteiger partial charge in [0.2, 0.25) is 5.91 Å². The zero-order valence-corrected chi connectivity index (χ0v) is 18.4. The van der Waals surface area contributed by atoms with E-state index in [-0.39, 0.29) is 24.0 Å². The Morgan fingerprint density at radius 1 is 0.906 bits per heavy atom. The van der Waals surface area contributed by atoms with E-state index >= 15 is 0 Å². The third-order valence-corrected chi connectivity index (χ3v) is 5.92. The Labute approximate surface area is 187 Å². The summed E-state index contributed by atoms with van der Waals surface area (Å²) in [6, 6.07) is 20.4. The molecule has 3 aromatic carbocycles. The van der Waals surface area contributed by atoms with Crippen LogP contribution < -0.4 is 9.80 Å². The van der Waals surface area contributed by atoms with Gasteiger partial charge in [-0.05, 0) is 61.2 Å². The van der Waals surface area contributed by atoms with Crippen molar-refractivity contribution >= 4 is 29.3 Å². The van der Waals surface area contributed by atoms with Crippen LogP contribution in [0, 0.1) is 19.7 Å². The highest BCUT2D eigenvalue weighted by Crippen LogP contribution is 2.33. The van der Waals surface area contributed by atoms with Gasteiger partial charge in [-0.3, -0.25) is 14.5 Å². The number of anilines is 2. The molecule has 0 radical (unpaired) electrons. The molecule has 1 fully saturated rings. The summed E-state index contributed by atoms with van der Waals surface area (Å²) in [4.78, 5) is 30.0. The van der Waals surface area contributed by atoms with Crippen LogP contribution in [0.25, 0.3) is 6.08 Å². The highest BCUT2D eigenvalue weighted by molar-refractivity contribution is 6.16. The fraction of sp³-hybridized carbons (Fsp3) is 0.185. The Morgan fingerprint density at radius 3 is 2.28 bits per heavy atom. The third kappa shape index (κ3) is 3.94. The largest absolute Gasteiger partial charge is 0.301 e. The minimum Gasteiger partial charge on any atom is -0.301 e. The second kappa shape index (κ2) is 8.79. The van der Waals surface area contributed by atoms with Crippen LogP contribution >= 0.6 is 0 Å². The van der Waals surface area contributed by atoms with Crippen LogP contribution in [-0.4, -0.2) is 24.4 Å². The Kier molecular flexibility index (Phi) is 5.91. The van der Waals surface area contributed by atoms with Crippen molar-refractivity contribution in [3.63, 3.8) is 0 Å². The number of hydrogen-bond donors (Lipinski definition) is 0. The van der Waals surface area contributed by atoms with E-state index in [0.29, 0.717) is 11.3 Å². The minimum atomic E-state index is -0.951. The highest BCUT2D eigenvalue weighted by atomic mass is 19.1. The predicted octanol–water partition coefficient (Wildman–Crippen LogP) is 5.29. The molecule has 0 aliphatic carbocycles. The van der Waals surface area contributed by atoms with Crippen molar-refractivity contribution in [1.29, 1.82) is 0 Å². The maximum absolute atomic E-state index is 14.7. The van der Waals surface area contributed by atoms with Crippen molar-refractivity contribution in [2.45, 2.75) is 26.8 Å². The first kappa shape index (κ1) is 21.5. The van der Waals surface area contributed by atoms with Gasteiger partial charge in [0.15, 0.2) is 0 Å². The lowest BCUT2D eigenvalue weighted by Gasteiger charge is -2.41. The summed E-state index contributed by atoms with van der Waals surface area (Å²) in [6.07, 6.45) is 1.87. The monoisotopic (exact) mass is 428 g/mol. The molecule has 0 aromatic heterocycles. The summed E-state index contributed by atoms with van der Waals surface area (Å²) in [6.45, 7) is 5.57. The molecule has 1 aliphatic rings. The fourth-order valence-electron chi connectivity index (χ4n) is 4.13. The Morgan fingerprint density at radius 2 is 1.56 bits per heavy atom.